The molecule has 3 aromatic rings. The minimum Gasteiger partial charge on any atom is -0.381 e. The van der Waals surface area contributed by atoms with Gasteiger partial charge in [-0.05, 0) is 24.6 Å². The fourth-order valence-corrected chi connectivity index (χ4v) is 4.14. The average Bonchev–Trinajstić information content (AvgIpc) is 3.14. The molecule has 0 aromatic carbocycles. The molecule has 28 heavy (non-hydrogen) atoms. The quantitative estimate of drug-likeness (QED) is 0.710. The van der Waals surface area contributed by atoms with Gasteiger partial charge in [0, 0.05) is 49.0 Å². The van der Waals surface area contributed by atoms with Crippen molar-refractivity contribution in [3.63, 3.8) is 0 Å². The Hall–Kier alpha value is -3.18. The van der Waals surface area contributed by atoms with E-state index in [4.69, 9.17) is 0 Å². The zero-order valence-corrected chi connectivity index (χ0v) is 15.3. The van der Waals surface area contributed by atoms with Gasteiger partial charge in [-0.15, -0.1) is 0 Å². The average molecular weight is 377 g/mol. The molecule has 142 valence electrons. The number of hydrogen-bond donors (Lipinski definition) is 2. The molecule has 0 radical (unpaired) electrons. The Balaban J connectivity index is 1.52. The van der Waals surface area contributed by atoms with E-state index in [1.165, 1.54) is 6.42 Å². The Morgan fingerprint density at radius 2 is 2.11 bits per heavy atom. The Morgan fingerprint density at radius 3 is 2.79 bits per heavy atom. The molecule has 0 amide bonds. The fourth-order valence-electron chi connectivity index (χ4n) is 4.14. The fraction of sp³-hybridized carbons (Fsp3) is 0.350. The minimum absolute atomic E-state index is 0.222. The van der Waals surface area contributed by atoms with Crippen LogP contribution in [0, 0.1) is 11.3 Å². The van der Waals surface area contributed by atoms with Crippen molar-refractivity contribution in [3.8, 4) is 17.2 Å². The Labute approximate surface area is 161 Å². The van der Waals surface area contributed by atoms with Crippen LogP contribution < -0.4 is 15.5 Å². The topological polar surface area (TPSA) is 81.3 Å². The third kappa shape index (κ3) is 2.84. The Kier molecular flexibility index (Phi) is 4.10. The van der Waals surface area contributed by atoms with E-state index in [-0.39, 0.29) is 6.54 Å². The molecule has 0 aliphatic carbocycles. The van der Waals surface area contributed by atoms with Crippen molar-refractivity contribution in [2.75, 3.05) is 36.5 Å². The molecule has 3 aromatic heterocycles. The van der Waals surface area contributed by atoms with Crippen molar-refractivity contribution < 1.29 is 4.39 Å². The lowest BCUT2D eigenvalue weighted by atomic mass is 9.91. The summed E-state index contributed by atoms with van der Waals surface area (Å²) in [6.45, 7) is 1.73. The first-order valence-corrected chi connectivity index (χ1v) is 9.44. The SMILES string of the molecule is N#Cc1cnn2cc(NCCF)cc(-c3ccc(N4CC5CC(C4)N5)nc3)c12. The summed E-state index contributed by atoms with van der Waals surface area (Å²) in [7, 11) is 0. The van der Waals surface area contributed by atoms with Crippen LogP contribution in [0.3, 0.4) is 0 Å². The second kappa shape index (κ2) is 6.77. The molecule has 3 aliphatic heterocycles. The highest BCUT2D eigenvalue weighted by molar-refractivity contribution is 5.86. The van der Waals surface area contributed by atoms with Crippen molar-refractivity contribution in [3.05, 3.63) is 42.4 Å². The standard InChI is InChI=1S/C20H20FN7/c21-3-4-23-15-6-18(20-14(7-22)9-25-28(20)12-15)13-1-2-19(24-8-13)27-10-16-5-17(11-27)26-16/h1-2,6,8-9,12,16-17,23,26H,3-5,10-11H2. The molecule has 6 rings (SSSR count). The number of piperazine rings is 1. The molecule has 2 atom stereocenters. The van der Waals surface area contributed by atoms with E-state index in [0.29, 0.717) is 17.6 Å². The highest BCUT2D eigenvalue weighted by atomic mass is 19.1. The lowest BCUT2D eigenvalue weighted by Gasteiger charge is -2.48. The van der Waals surface area contributed by atoms with Crippen LogP contribution in [0.1, 0.15) is 12.0 Å². The van der Waals surface area contributed by atoms with Crippen molar-refractivity contribution in [1.82, 2.24) is 19.9 Å². The number of hydrogen-bond acceptors (Lipinski definition) is 6. The van der Waals surface area contributed by atoms with Crippen molar-refractivity contribution >= 4 is 17.0 Å². The summed E-state index contributed by atoms with van der Waals surface area (Å²) in [5.74, 6) is 0.969. The van der Waals surface area contributed by atoms with E-state index in [2.05, 4.69) is 31.7 Å². The number of piperidine rings is 1. The third-order valence-electron chi connectivity index (χ3n) is 5.46. The Bertz CT molecular complexity index is 1040. The summed E-state index contributed by atoms with van der Waals surface area (Å²) in [5, 5.41) is 20.3. The molecule has 7 nitrogen and oxygen atoms in total. The first-order valence-electron chi connectivity index (χ1n) is 9.44. The molecule has 3 aliphatic rings. The van der Waals surface area contributed by atoms with E-state index in [1.807, 2.05) is 24.4 Å². The number of nitrogens with one attached hydrogen (secondary N) is 2. The smallest absolute Gasteiger partial charge is 0.128 e. The van der Waals surface area contributed by atoms with Gasteiger partial charge in [0.1, 0.15) is 18.6 Å². The molecule has 0 spiro atoms. The molecule has 3 saturated heterocycles. The number of alkyl halides is 1. The number of pyridine rings is 2. The molecule has 3 fully saturated rings. The highest BCUT2D eigenvalue weighted by Gasteiger charge is 2.36. The second-order valence-electron chi connectivity index (χ2n) is 7.33. The zero-order valence-electron chi connectivity index (χ0n) is 15.3. The molecule has 6 heterocycles. The van der Waals surface area contributed by atoms with Gasteiger partial charge in [-0.1, -0.05) is 0 Å². The van der Waals surface area contributed by atoms with E-state index >= 15 is 0 Å². The van der Waals surface area contributed by atoms with Gasteiger partial charge in [0.15, 0.2) is 0 Å². The van der Waals surface area contributed by atoms with Crippen molar-refractivity contribution in [2.45, 2.75) is 18.5 Å². The van der Waals surface area contributed by atoms with E-state index < -0.39 is 6.67 Å². The number of nitrogens with zero attached hydrogens (tertiary/aromatic N) is 5. The predicted molar refractivity (Wildman–Crippen MR) is 105 cm³/mol. The molecule has 2 unspecified atom stereocenters. The van der Waals surface area contributed by atoms with Crippen LogP contribution in [0.4, 0.5) is 15.9 Å². The monoisotopic (exact) mass is 377 g/mol. The predicted octanol–water partition coefficient (Wildman–Crippen LogP) is 2.20. The normalized spacial score (nSPS) is 20.6. The van der Waals surface area contributed by atoms with Crippen LogP contribution in [-0.2, 0) is 0 Å². The van der Waals surface area contributed by atoms with Crippen LogP contribution in [0.5, 0.6) is 0 Å². The zero-order chi connectivity index (χ0) is 19.1. The van der Waals surface area contributed by atoms with Crippen molar-refractivity contribution in [1.29, 1.82) is 5.26 Å². The summed E-state index contributed by atoms with van der Waals surface area (Å²) >= 11 is 0. The largest absolute Gasteiger partial charge is 0.381 e. The van der Waals surface area contributed by atoms with Crippen LogP contribution in [0.15, 0.2) is 36.8 Å². The summed E-state index contributed by atoms with van der Waals surface area (Å²) in [5.41, 5.74) is 3.72. The number of fused-ring (bicyclic) bond motifs is 3. The molecule has 0 saturated carbocycles. The number of aromatic nitrogens is 3. The van der Waals surface area contributed by atoms with Gasteiger partial charge >= 0.3 is 0 Å². The first-order chi connectivity index (χ1) is 13.7. The van der Waals surface area contributed by atoms with Gasteiger partial charge in [0.25, 0.3) is 0 Å². The van der Waals surface area contributed by atoms with E-state index in [0.717, 1.165) is 41.2 Å². The van der Waals surface area contributed by atoms with E-state index in [1.54, 1.807) is 16.9 Å². The summed E-state index contributed by atoms with van der Waals surface area (Å²) in [4.78, 5) is 6.99. The van der Waals surface area contributed by atoms with Crippen LogP contribution in [0.25, 0.3) is 16.6 Å². The summed E-state index contributed by atoms with van der Waals surface area (Å²) in [6.07, 6.45) is 6.41. The number of nitriles is 1. The summed E-state index contributed by atoms with van der Waals surface area (Å²) in [6, 6.07) is 9.32. The second-order valence-corrected chi connectivity index (χ2v) is 7.33. The number of anilines is 2. The van der Waals surface area contributed by atoms with Gasteiger partial charge in [-0.3, -0.25) is 0 Å². The maximum atomic E-state index is 12.6. The molecular formula is C20H20FN7. The molecule has 8 heteroatoms. The third-order valence-corrected chi connectivity index (χ3v) is 5.46. The maximum Gasteiger partial charge on any atom is 0.128 e. The van der Waals surface area contributed by atoms with Crippen LogP contribution >= 0.6 is 0 Å². The van der Waals surface area contributed by atoms with Gasteiger partial charge in [0.2, 0.25) is 0 Å². The molecular weight excluding hydrogens is 357 g/mol. The van der Waals surface area contributed by atoms with Crippen LogP contribution in [0.2, 0.25) is 0 Å². The number of halogens is 1. The minimum atomic E-state index is -0.459. The van der Waals surface area contributed by atoms with E-state index in [9.17, 15) is 9.65 Å². The first kappa shape index (κ1) is 17.0. The molecule has 2 bridgehead atoms. The summed E-state index contributed by atoms with van der Waals surface area (Å²) < 4.78 is 14.2. The van der Waals surface area contributed by atoms with Gasteiger partial charge in [-0.2, -0.15) is 10.4 Å². The lowest BCUT2D eigenvalue weighted by Crippen LogP contribution is -2.67. The maximum absolute atomic E-state index is 12.6. The Morgan fingerprint density at radius 1 is 1.29 bits per heavy atom. The van der Waals surface area contributed by atoms with Gasteiger partial charge in [-0.25, -0.2) is 13.9 Å². The van der Waals surface area contributed by atoms with Crippen LogP contribution in [-0.4, -0.2) is 53.0 Å². The molecule has 2 N–H and O–H groups in total. The number of rotatable bonds is 5. The van der Waals surface area contributed by atoms with Gasteiger partial charge < -0.3 is 15.5 Å². The lowest BCUT2D eigenvalue weighted by molar-refractivity contribution is 0.225. The highest BCUT2D eigenvalue weighted by Crippen LogP contribution is 2.31. The van der Waals surface area contributed by atoms with Crippen molar-refractivity contribution in [2.24, 2.45) is 0 Å². The van der Waals surface area contributed by atoms with Gasteiger partial charge in [0.05, 0.1) is 29.2 Å².